The maximum atomic E-state index is 5.41. The average Bonchev–Trinajstić information content (AvgIpc) is 3.22. The highest BCUT2D eigenvalue weighted by atomic mass is 79.9. The predicted octanol–water partition coefficient (Wildman–Crippen LogP) is 4.30. The van der Waals surface area contributed by atoms with Crippen molar-refractivity contribution in [2.24, 2.45) is 0 Å². The first-order valence-electron chi connectivity index (χ1n) is 9.98. The lowest BCUT2D eigenvalue weighted by atomic mass is 10.2. The lowest BCUT2D eigenvalue weighted by Crippen LogP contribution is -2.36. The zero-order chi connectivity index (χ0) is 20.7. The first-order chi connectivity index (χ1) is 14.6. The van der Waals surface area contributed by atoms with Crippen molar-refractivity contribution < 1.29 is 4.74 Å². The summed E-state index contributed by atoms with van der Waals surface area (Å²) in [6.45, 7) is 7.54. The van der Waals surface area contributed by atoms with Gasteiger partial charge in [-0.1, -0.05) is 0 Å². The van der Waals surface area contributed by atoms with E-state index in [1.807, 2.05) is 30.9 Å². The summed E-state index contributed by atoms with van der Waals surface area (Å²) in [5.41, 5.74) is 3.85. The Kier molecular flexibility index (Phi) is 5.00. The van der Waals surface area contributed by atoms with Crippen molar-refractivity contribution in [3.63, 3.8) is 0 Å². The number of morpholine rings is 1. The molecule has 4 heterocycles. The van der Waals surface area contributed by atoms with Crippen molar-refractivity contribution in [2.75, 3.05) is 36.5 Å². The molecule has 1 aliphatic rings. The summed E-state index contributed by atoms with van der Waals surface area (Å²) in [4.78, 5) is 20.7. The van der Waals surface area contributed by atoms with Crippen molar-refractivity contribution in [1.29, 1.82) is 0 Å². The monoisotopic (exact) mass is 467 g/mol. The van der Waals surface area contributed by atoms with Crippen LogP contribution in [0.4, 0.5) is 17.5 Å². The van der Waals surface area contributed by atoms with E-state index in [0.29, 0.717) is 11.8 Å². The molecule has 0 bridgehead atoms. The predicted molar refractivity (Wildman–Crippen MR) is 121 cm³/mol. The smallest absolute Gasteiger partial charge is 0.228 e. The molecule has 9 heteroatoms. The first kappa shape index (κ1) is 19.2. The number of benzene rings is 1. The van der Waals surface area contributed by atoms with Crippen LogP contribution in [0.5, 0.6) is 0 Å². The average molecular weight is 468 g/mol. The van der Waals surface area contributed by atoms with Crippen LogP contribution in [-0.4, -0.2) is 50.8 Å². The van der Waals surface area contributed by atoms with Gasteiger partial charge in [-0.25, -0.2) is 19.9 Å². The van der Waals surface area contributed by atoms with Crippen molar-refractivity contribution in [3.05, 3.63) is 41.4 Å². The van der Waals surface area contributed by atoms with Gasteiger partial charge in [-0.2, -0.15) is 0 Å². The van der Waals surface area contributed by atoms with Gasteiger partial charge in [0.2, 0.25) is 5.95 Å². The molecule has 4 aromatic rings. The summed E-state index contributed by atoms with van der Waals surface area (Å²) in [5.74, 6) is 1.21. The second-order valence-electron chi connectivity index (χ2n) is 7.56. The van der Waals surface area contributed by atoms with Gasteiger partial charge in [0.05, 0.1) is 36.9 Å². The second-order valence-corrected chi connectivity index (χ2v) is 8.41. The molecular formula is C21H22BrN7O. The molecular weight excluding hydrogens is 446 g/mol. The Morgan fingerprint density at radius 1 is 1.07 bits per heavy atom. The Bertz CT molecular complexity index is 1200. The number of rotatable bonds is 4. The van der Waals surface area contributed by atoms with Crippen LogP contribution in [0, 0.1) is 0 Å². The normalized spacial score (nSPS) is 14.7. The standard InChI is InChI=1S/C21H22BrN7O/c1-13(2)29-12-25-19-16(22)9-14-10-24-21(27-18(14)20(19)29)26-17-4-3-15(11-23-17)28-5-7-30-8-6-28/h3-4,9-13H,5-8H2,1-2H3,(H,23,24,26,27). The summed E-state index contributed by atoms with van der Waals surface area (Å²) >= 11 is 3.62. The number of halogens is 1. The fourth-order valence-corrected chi connectivity index (χ4v) is 4.23. The van der Waals surface area contributed by atoms with Crippen LogP contribution < -0.4 is 10.2 Å². The zero-order valence-corrected chi connectivity index (χ0v) is 18.4. The number of ether oxygens (including phenoxy) is 1. The zero-order valence-electron chi connectivity index (χ0n) is 16.8. The minimum Gasteiger partial charge on any atom is -0.378 e. The molecule has 0 amide bonds. The molecule has 8 nitrogen and oxygen atoms in total. The molecule has 1 fully saturated rings. The molecule has 0 spiro atoms. The number of nitrogens with zero attached hydrogens (tertiary/aromatic N) is 6. The van der Waals surface area contributed by atoms with Crippen molar-refractivity contribution in [1.82, 2.24) is 24.5 Å². The van der Waals surface area contributed by atoms with Crippen LogP contribution in [0.2, 0.25) is 0 Å². The van der Waals surface area contributed by atoms with Gasteiger partial charge in [0.25, 0.3) is 0 Å². The number of imidazole rings is 1. The second kappa shape index (κ2) is 7.81. The van der Waals surface area contributed by atoms with Gasteiger partial charge in [0.15, 0.2) is 0 Å². The minimum atomic E-state index is 0.272. The van der Waals surface area contributed by atoms with E-state index in [1.165, 1.54) is 0 Å². The van der Waals surface area contributed by atoms with E-state index in [0.717, 1.165) is 58.4 Å². The molecule has 1 N–H and O–H groups in total. The molecule has 5 rings (SSSR count). The van der Waals surface area contributed by atoms with Gasteiger partial charge >= 0.3 is 0 Å². The van der Waals surface area contributed by atoms with Gasteiger partial charge in [0.1, 0.15) is 16.9 Å². The third-order valence-electron chi connectivity index (χ3n) is 5.26. The lowest BCUT2D eigenvalue weighted by molar-refractivity contribution is 0.122. The highest BCUT2D eigenvalue weighted by Crippen LogP contribution is 2.32. The largest absolute Gasteiger partial charge is 0.378 e. The quantitative estimate of drug-likeness (QED) is 0.479. The molecule has 0 radical (unpaired) electrons. The molecule has 154 valence electrons. The molecule has 3 aromatic heterocycles. The van der Waals surface area contributed by atoms with Crippen LogP contribution >= 0.6 is 15.9 Å². The van der Waals surface area contributed by atoms with E-state index in [4.69, 9.17) is 9.72 Å². The Hall–Kier alpha value is -2.78. The van der Waals surface area contributed by atoms with E-state index >= 15 is 0 Å². The summed E-state index contributed by atoms with van der Waals surface area (Å²) in [6.07, 6.45) is 5.56. The molecule has 30 heavy (non-hydrogen) atoms. The van der Waals surface area contributed by atoms with Crippen LogP contribution in [0.3, 0.4) is 0 Å². The number of anilines is 3. The van der Waals surface area contributed by atoms with E-state index in [9.17, 15) is 0 Å². The summed E-state index contributed by atoms with van der Waals surface area (Å²) in [7, 11) is 0. The third-order valence-corrected chi connectivity index (χ3v) is 5.87. The SMILES string of the molecule is CC(C)n1cnc2c(Br)cc3cnc(Nc4ccc(N5CCOCC5)cn4)nc3c21. The van der Waals surface area contributed by atoms with E-state index in [1.54, 1.807) is 0 Å². The number of nitrogens with one attached hydrogen (secondary N) is 1. The molecule has 0 unspecified atom stereocenters. The molecule has 0 saturated carbocycles. The maximum Gasteiger partial charge on any atom is 0.228 e. The Labute approximate surface area is 182 Å². The summed E-state index contributed by atoms with van der Waals surface area (Å²) in [5, 5.41) is 4.18. The van der Waals surface area contributed by atoms with Gasteiger partial charge in [-0.05, 0) is 48.0 Å². The van der Waals surface area contributed by atoms with Crippen LogP contribution in [-0.2, 0) is 4.74 Å². The van der Waals surface area contributed by atoms with Crippen LogP contribution in [0.25, 0.3) is 21.9 Å². The molecule has 1 saturated heterocycles. The maximum absolute atomic E-state index is 5.41. The highest BCUT2D eigenvalue weighted by molar-refractivity contribution is 9.10. The minimum absolute atomic E-state index is 0.272. The van der Waals surface area contributed by atoms with Gasteiger partial charge in [-0.3, -0.25) is 0 Å². The topological polar surface area (TPSA) is 81.0 Å². The van der Waals surface area contributed by atoms with Gasteiger partial charge in [-0.15, -0.1) is 0 Å². The summed E-state index contributed by atoms with van der Waals surface area (Å²) in [6, 6.07) is 6.29. The van der Waals surface area contributed by atoms with E-state index in [2.05, 4.69) is 65.6 Å². The molecule has 0 atom stereocenters. The molecule has 0 aliphatic carbocycles. The number of aromatic nitrogens is 5. The highest BCUT2D eigenvalue weighted by Gasteiger charge is 2.16. The fraction of sp³-hybridized carbons (Fsp3) is 0.333. The summed E-state index contributed by atoms with van der Waals surface area (Å²) < 4.78 is 8.49. The number of fused-ring (bicyclic) bond motifs is 3. The van der Waals surface area contributed by atoms with Crippen LogP contribution in [0.1, 0.15) is 19.9 Å². The van der Waals surface area contributed by atoms with Gasteiger partial charge in [0, 0.05) is 35.2 Å². The lowest BCUT2D eigenvalue weighted by Gasteiger charge is -2.28. The van der Waals surface area contributed by atoms with Crippen molar-refractivity contribution >= 4 is 55.3 Å². The molecule has 1 aliphatic heterocycles. The number of hydrogen-bond donors (Lipinski definition) is 1. The Morgan fingerprint density at radius 3 is 2.63 bits per heavy atom. The van der Waals surface area contributed by atoms with Crippen LogP contribution in [0.15, 0.2) is 41.4 Å². The fourth-order valence-electron chi connectivity index (χ4n) is 3.70. The Morgan fingerprint density at radius 2 is 1.90 bits per heavy atom. The third kappa shape index (κ3) is 3.48. The first-order valence-corrected chi connectivity index (χ1v) is 10.8. The van der Waals surface area contributed by atoms with E-state index in [-0.39, 0.29) is 6.04 Å². The number of pyridine rings is 1. The number of hydrogen-bond acceptors (Lipinski definition) is 7. The van der Waals surface area contributed by atoms with Crippen molar-refractivity contribution in [3.8, 4) is 0 Å². The van der Waals surface area contributed by atoms with Gasteiger partial charge < -0.3 is 19.5 Å². The van der Waals surface area contributed by atoms with Crippen molar-refractivity contribution in [2.45, 2.75) is 19.9 Å². The van der Waals surface area contributed by atoms with E-state index < -0.39 is 0 Å². The molecule has 1 aromatic carbocycles. The Balaban J connectivity index is 1.48.